The Morgan fingerprint density at radius 1 is 1.14 bits per heavy atom. The van der Waals surface area contributed by atoms with Gasteiger partial charge in [0.25, 0.3) is 0 Å². The number of nitrogens with two attached hydrogens (primary N) is 1. The third-order valence-electron chi connectivity index (χ3n) is 4.97. The van der Waals surface area contributed by atoms with Gasteiger partial charge in [-0.3, -0.25) is 4.90 Å². The van der Waals surface area contributed by atoms with Crippen molar-refractivity contribution in [1.29, 1.82) is 0 Å². The summed E-state index contributed by atoms with van der Waals surface area (Å²) in [4.78, 5) is 2.69. The molecule has 0 aliphatic heterocycles. The van der Waals surface area contributed by atoms with Crippen LogP contribution >= 0.6 is 0 Å². The Bertz CT molecular complexity index is 450. The number of methoxy groups -OCH3 is 1. The van der Waals surface area contributed by atoms with E-state index in [0.29, 0.717) is 6.04 Å². The molecule has 0 radical (unpaired) electrons. The Kier molecular flexibility index (Phi) is 4.81. The van der Waals surface area contributed by atoms with Crippen LogP contribution in [0.3, 0.4) is 0 Å². The molecule has 0 unspecified atom stereocenters. The van der Waals surface area contributed by atoms with Crippen LogP contribution in [0.25, 0.3) is 0 Å². The van der Waals surface area contributed by atoms with E-state index in [1.807, 2.05) is 6.07 Å². The normalized spacial score (nSPS) is 26.0. The van der Waals surface area contributed by atoms with Crippen molar-refractivity contribution in [2.45, 2.75) is 57.2 Å². The molecule has 0 atom stereocenters. The molecule has 21 heavy (non-hydrogen) atoms. The van der Waals surface area contributed by atoms with Gasteiger partial charge < -0.3 is 10.5 Å². The van der Waals surface area contributed by atoms with Crippen molar-refractivity contribution in [3.8, 4) is 5.75 Å². The lowest BCUT2D eigenvalue weighted by molar-refractivity contribution is 0.180. The average Bonchev–Trinajstić information content (AvgIpc) is 3.34. The minimum Gasteiger partial charge on any atom is -0.497 e. The molecule has 0 amide bonds. The minimum absolute atomic E-state index is 0.453. The fourth-order valence-corrected chi connectivity index (χ4v) is 3.49. The van der Waals surface area contributed by atoms with Gasteiger partial charge in [0.05, 0.1) is 7.11 Å². The van der Waals surface area contributed by atoms with E-state index in [1.54, 1.807) is 7.11 Å². The second kappa shape index (κ2) is 6.80. The highest BCUT2D eigenvalue weighted by atomic mass is 16.5. The summed E-state index contributed by atoms with van der Waals surface area (Å²) < 4.78 is 5.34. The van der Waals surface area contributed by atoms with Crippen LogP contribution in [0.2, 0.25) is 0 Å². The van der Waals surface area contributed by atoms with Gasteiger partial charge in [-0.15, -0.1) is 0 Å². The molecule has 1 aromatic rings. The molecule has 2 aliphatic carbocycles. The smallest absolute Gasteiger partial charge is 0.119 e. The van der Waals surface area contributed by atoms with Gasteiger partial charge in [-0.1, -0.05) is 12.1 Å². The molecular weight excluding hydrogens is 260 g/mol. The van der Waals surface area contributed by atoms with E-state index in [0.717, 1.165) is 24.3 Å². The van der Waals surface area contributed by atoms with Crippen LogP contribution in [0, 0.1) is 5.92 Å². The van der Waals surface area contributed by atoms with Crippen LogP contribution in [0.4, 0.5) is 0 Å². The number of nitrogens with zero attached hydrogens (tertiary/aromatic N) is 1. The summed E-state index contributed by atoms with van der Waals surface area (Å²) in [5.74, 6) is 1.81. The van der Waals surface area contributed by atoms with Crippen LogP contribution in [0.1, 0.15) is 44.1 Å². The maximum atomic E-state index is 6.03. The second-order valence-electron chi connectivity index (χ2n) is 6.79. The zero-order valence-corrected chi connectivity index (χ0v) is 13.1. The van der Waals surface area contributed by atoms with Gasteiger partial charge in [-0.2, -0.15) is 0 Å². The van der Waals surface area contributed by atoms with Crippen molar-refractivity contribution in [3.05, 3.63) is 29.8 Å². The van der Waals surface area contributed by atoms with Gasteiger partial charge in [0.2, 0.25) is 0 Å². The van der Waals surface area contributed by atoms with Gasteiger partial charge in [0.1, 0.15) is 5.75 Å². The molecule has 0 bridgehead atoms. The predicted octanol–water partition coefficient (Wildman–Crippen LogP) is 3.18. The molecule has 116 valence electrons. The number of hydrogen-bond donors (Lipinski definition) is 1. The Morgan fingerprint density at radius 3 is 2.57 bits per heavy atom. The topological polar surface area (TPSA) is 38.5 Å². The molecule has 0 saturated heterocycles. The first-order chi connectivity index (χ1) is 10.2. The van der Waals surface area contributed by atoms with Crippen molar-refractivity contribution < 1.29 is 4.74 Å². The summed E-state index contributed by atoms with van der Waals surface area (Å²) in [5, 5.41) is 0. The first kappa shape index (κ1) is 14.9. The molecular formula is C18H28N2O. The molecule has 2 fully saturated rings. The third-order valence-corrected chi connectivity index (χ3v) is 4.97. The van der Waals surface area contributed by atoms with Crippen LogP contribution in [0.15, 0.2) is 24.3 Å². The first-order valence-corrected chi connectivity index (χ1v) is 8.37. The second-order valence-corrected chi connectivity index (χ2v) is 6.79. The van der Waals surface area contributed by atoms with Gasteiger partial charge in [-0.25, -0.2) is 0 Å². The van der Waals surface area contributed by atoms with Crippen LogP contribution in [0.5, 0.6) is 5.75 Å². The molecule has 0 spiro atoms. The minimum atomic E-state index is 0.453. The van der Waals surface area contributed by atoms with E-state index >= 15 is 0 Å². The lowest BCUT2D eigenvalue weighted by atomic mass is 9.86. The van der Waals surface area contributed by atoms with Gasteiger partial charge in [0.15, 0.2) is 0 Å². The molecule has 3 nitrogen and oxygen atoms in total. The van der Waals surface area contributed by atoms with Crippen molar-refractivity contribution in [2.24, 2.45) is 11.7 Å². The van der Waals surface area contributed by atoms with Crippen molar-refractivity contribution in [3.63, 3.8) is 0 Å². The Labute approximate surface area is 128 Å². The number of rotatable bonds is 6. The summed E-state index contributed by atoms with van der Waals surface area (Å²) in [6, 6.07) is 9.77. The summed E-state index contributed by atoms with van der Waals surface area (Å²) in [7, 11) is 1.74. The molecule has 3 heteroatoms. The van der Waals surface area contributed by atoms with E-state index in [-0.39, 0.29) is 0 Å². The van der Waals surface area contributed by atoms with Crippen molar-refractivity contribution in [1.82, 2.24) is 4.90 Å². The zero-order valence-electron chi connectivity index (χ0n) is 13.1. The largest absolute Gasteiger partial charge is 0.497 e. The standard InChI is InChI=1S/C18H28N2O/c1-21-18-4-2-3-15(11-18)13-20(17-9-10-17)12-14-5-7-16(19)8-6-14/h2-4,11,14,16-17H,5-10,12-13,19H2,1H3. The van der Waals surface area contributed by atoms with Crippen LogP contribution < -0.4 is 10.5 Å². The summed E-state index contributed by atoms with van der Waals surface area (Å²) >= 11 is 0. The molecule has 0 heterocycles. The van der Waals surface area contributed by atoms with E-state index in [1.165, 1.54) is 50.6 Å². The number of ether oxygens (including phenoxy) is 1. The third kappa shape index (κ3) is 4.21. The maximum absolute atomic E-state index is 6.03. The van der Waals surface area contributed by atoms with Gasteiger partial charge in [0, 0.05) is 25.2 Å². The molecule has 1 aromatic carbocycles. The fourth-order valence-electron chi connectivity index (χ4n) is 3.49. The lowest BCUT2D eigenvalue weighted by Gasteiger charge is -2.32. The number of hydrogen-bond acceptors (Lipinski definition) is 3. The maximum Gasteiger partial charge on any atom is 0.119 e. The van der Waals surface area contributed by atoms with Crippen LogP contribution in [-0.2, 0) is 6.54 Å². The Balaban J connectivity index is 1.59. The van der Waals surface area contributed by atoms with E-state index in [4.69, 9.17) is 10.5 Å². The average molecular weight is 288 g/mol. The zero-order chi connectivity index (χ0) is 14.7. The quantitative estimate of drug-likeness (QED) is 0.874. The highest BCUT2D eigenvalue weighted by Crippen LogP contribution is 2.32. The van der Waals surface area contributed by atoms with Crippen molar-refractivity contribution in [2.75, 3.05) is 13.7 Å². The molecule has 0 aromatic heterocycles. The highest BCUT2D eigenvalue weighted by molar-refractivity contribution is 5.28. The van der Waals surface area contributed by atoms with Gasteiger partial charge >= 0.3 is 0 Å². The van der Waals surface area contributed by atoms with Crippen molar-refractivity contribution >= 4 is 0 Å². The fraction of sp³-hybridized carbons (Fsp3) is 0.667. The highest BCUT2D eigenvalue weighted by Gasteiger charge is 2.31. The predicted molar refractivity (Wildman–Crippen MR) is 86.4 cm³/mol. The summed E-state index contributed by atoms with van der Waals surface area (Å²) in [5.41, 5.74) is 7.40. The number of benzene rings is 1. The first-order valence-electron chi connectivity index (χ1n) is 8.37. The summed E-state index contributed by atoms with van der Waals surface area (Å²) in [6.07, 6.45) is 7.78. The van der Waals surface area contributed by atoms with E-state index in [2.05, 4.69) is 23.1 Å². The SMILES string of the molecule is COc1cccc(CN(CC2CCC(N)CC2)C2CC2)c1. The van der Waals surface area contributed by atoms with Crippen LogP contribution in [-0.4, -0.2) is 30.6 Å². The Hall–Kier alpha value is -1.06. The summed E-state index contributed by atoms with van der Waals surface area (Å²) in [6.45, 7) is 2.30. The Morgan fingerprint density at radius 2 is 1.90 bits per heavy atom. The molecule has 2 aliphatic rings. The molecule has 3 rings (SSSR count). The molecule has 2 N–H and O–H groups in total. The van der Waals surface area contributed by atoms with E-state index < -0.39 is 0 Å². The monoisotopic (exact) mass is 288 g/mol. The lowest BCUT2D eigenvalue weighted by Crippen LogP contribution is -2.35. The van der Waals surface area contributed by atoms with Gasteiger partial charge in [-0.05, 0) is 62.1 Å². The molecule has 2 saturated carbocycles. The van der Waals surface area contributed by atoms with E-state index in [9.17, 15) is 0 Å².